The van der Waals surface area contributed by atoms with Gasteiger partial charge in [0.25, 0.3) is 0 Å². The van der Waals surface area contributed by atoms with Crippen molar-refractivity contribution in [2.45, 2.75) is 18.4 Å². The van der Waals surface area contributed by atoms with Gasteiger partial charge in [-0.2, -0.15) is 0 Å². The molecule has 1 atom stereocenters. The molecule has 1 fully saturated rings. The van der Waals surface area contributed by atoms with Gasteiger partial charge < -0.3 is 5.11 Å². The molecule has 1 aliphatic rings. The summed E-state index contributed by atoms with van der Waals surface area (Å²) in [4.78, 5) is 25.8. The molecule has 21 heavy (non-hydrogen) atoms. The number of carbonyl (C=O) groups excluding carboxylic acids is 1. The van der Waals surface area contributed by atoms with Gasteiger partial charge in [-0.25, -0.2) is 4.79 Å². The first kappa shape index (κ1) is 13.4. The van der Waals surface area contributed by atoms with Crippen LogP contribution in [0, 0.1) is 0 Å². The maximum atomic E-state index is 12.3. The second-order valence-electron chi connectivity index (χ2n) is 5.10. The van der Waals surface area contributed by atoms with E-state index in [1.165, 1.54) is 4.90 Å². The summed E-state index contributed by atoms with van der Waals surface area (Å²) in [5.74, 6) is -1.16. The number of aliphatic carboxylic acids is 1. The first-order valence-electron chi connectivity index (χ1n) is 6.83. The van der Waals surface area contributed by atoms with E-state index in [0.29, 0.717) is 11.3 Å². The Labute approximate surface area is 122 Å². The predicted octanol–water partition coefficient (Wildman–Crippen LogP) is 2.79. The largest absolute Gasteiger partial charge is 0.479 e. The fourth-order valence-corrected chi connectivity index (χ4v) is 2.98. The van der Waals surface area contributed by atoms with Crippen LogP contribution < -0.4 is 4.90 Å². The van der Waals surface area contributed by atoms with E-state index in [2.05, 4.69) is 0 Å². The van der Waals surface area contributed by atoms with Gasteiger partial charge in [-0.15, -0.1) is 0 Å². The number of nitrogens with zero attached hydrogens (tertiary/aromatic N) is 1. The Morgan fingerprint density at radius 3 is 2.14 bits per heavy atom. The Balaban J connectivity index is 2.20. The van der Waals surface area contributed by atoms with E-state index in [0.717, 1.165) is 0 Å². The minimum absolute atomic E-state index is 0.160. The highest BCUT2D eigenvalue weighted by Crippen LogP contribution is 2.42. The van der Waals surface area contributed by atoms with E-state index < -0.39 is 11.5 Å². The molecule has 1 saturated heterocycles. The molecule has 1 amide bonds. The molecule has 0 spiro atoms. The number of para-hydroxylation sites is 1. The molecule has 3 rings (SSSR count). The number of carboxylic acid groups (broad SMARTS) is 1. The Bertz CT molecular complexity index is 669. The average molecular weight is 281 g/mol. The minimum atomic E-state index is -1.32. The number of carboxylic acids is 1. The standard InChI is InChI=1S/C17H15NO3/c19-15-11-12-17(16(20)21,13-7-3-1-4-8-13)18(15)14-9-5-2-6-10-14/h1-10H,11-12H2,(H,20,21)/t17-/m1/s1. The Kier molecular flexibility index (Phi) is 3.22. The first-order chi connectivity index (χ1) is 10.2. The van der Waals surface area contributed by atoms with Gasteiger partial charge >= 0.3 is 5.97 Å². The summed E-state index contributed by atoms with van der Waals surface area (Å²) < 4.78 is 0. The maximum absolute atomic E-state index is 12.3. The van der Waals surface area contributed by atoms with Gasteiger partial charge in [-0.05, 0) is 24.1 Å². The molecular weight excluding hydrogens is 266 g/mol. The van der Waals surface area contributed by atoms with E-state index >= 15 is 0 Å². The number of anilines is 1. The number of benzene rings is 2. The minimum Gasteiger partial charge on any atom is -0.479 e. The molecule has 0 aromatic heterocycles. The number of hydrogen-bond donors (Lipinski definition) is 1. The van der Waals surface area contributed by atoms with Crippen molar-refractivity contribution in [3.8, 4) is 0 Å². The maximum Gasteiger partial charge on any atom is 0.334 e. The molecule has 0 unspecified atom stereocenters. The van der Waals surface area contributed by atoms with E-state index in [1.807, 2.05) is 12.1 Å². The van der Waals surface area contributed by atoms with Crippen molar-refractivity contribution < 1.29 is 14.7 Å². The summed E-state index contributed by atoms with van der Waals surface area (Å²) in [6.45, 7) is 0. The van der Waals surface area contributed by atoms with Gasteiger partial charge in [-0.3, -0.25) is 9.69 Å². The summed E-state index contributed by atoms with van der Waals surface area (Å²) in [5, 5.41) is 9.87. The van der Waals surface area contributed by atoms with Crippen LogP contribution in [0.2, 0.25) is 0 Å². The van der Waals surface area contributed by atoms with Crippen molar-refractivity contribution in [2.24, 2.45) is 0 Å². The van der Waals surface area contributed by atoms with Crippen LogP contribution in [0.1, 0.15) is 18.4 Å². The molecule has 1 N–H and O–H groups in total. The summed E-state index contributed by atoms with van der Waals surface area (Å²) in [7, 11) is 0. The lowest BCUT2D eigenvalue weighted by Crippen LogP contribution is -2.49. The SMILES string of the molecule is O=C1CC[C@](C(=O)O)(c2ccccc2)N1c1ccccc1. The molecule has 4 heteroatoms. The zero-order valence-electron chi connectivity index (χ0n) is 11.4. The molecule has 4 nitrogen and oxygen atoms in total. The highest BCUT2D eigenvalue weighted by atomic mass is 16.4. The van der Waals surface area contributed by atoms with Crippen LogP contribution in [0.15, 0.2) is 60.7 Å². The Hall–Kier alpha value is -2.62. The van der Waals surface area contributed by atoms with Crippen molar-refractivity contribution in [1.29, 1.82) is 0 Å². The lowest BCUT2D eigenvalue weighted by molar-refractivity contribution is -0.144. The van der Waals surface area contributed by atoms with E-state index in [9.17, 15) is 14.7 Å². The number of hydrogen-bond acceptors (Lipinski definition) is 2. The molecule has 2 aromatic rings. The topological polar surface area (TPSA) is 57.6 Å². The second-order valence-corrected chi connectivity index (χ2v) is 5.10. The van der Waals surface area contributed by atoms with Crippen LogP contribution in [0.5, 0.6) is 0 Å². The van der Waals surface area contributed by atoms with Crippen LogP contribution in [0.4, 0.5) is 5.69 Å². The van der Waals surface area contributed by atoms with Crippen LogP contribution in [-0.4, -0.2) is 17.0 Å². The lowest BCUT2D eigenvalue weighted by atomic mass is 9.87. The van der Waals surface area contributed by atoms with Crippen molar-refractivity contribution in [1.82, 2.24) is 0 Å². The van der Waals surface area contributed by atoms with Gasteiger partial charge in [0.05, 0.1) is 0 Å². The molecule has 1 heterocycles. The molecule has 0 saturated carbocycles. The van der Waals surface area contributed by atoms with Crippen molar-refractivity contribution >= 4 is 17.6 Å². The normalized spacial score (nSPS) is 21.5. The fourth-order valence-electron chi connectivity index (χ4n) is 2.98. The lowest BCUT2D eigenvalue weighted by Gasteiger charge is -2.35. The van der Waals surface area contributed by atoms with Gasteiger partial charge in [0.1, 0.15) is 0 Å². The van der Waals surface area contributed by atoms with Crippen LogP contribution in [-0.2, 0) is 15.1 Å². The van der Waals surface area contributed by atoms with Gasteiger partial charge in [0, 0.05) is 12.1 Å². The molecule has 0 bridgehead atoms. The van der Waals surface area contributed by atoms with Crippen molar-refractivity contribution in [3.63, 3.8) is 0 Å². The molecule has 0 aliphatic carbocycles. The number of rotatable bonds is 3. The fraction of sp³-hybridized carbons (Fsp3) is 0.176. The third kappa shape index (κ3) is 2.00. The van der Waals surface area contributed by atoms with Gasteiger partial charge in [0.15, 0.2) is 5.54 Å². The summed E-state index contributed by atoms with van der Waals surface area (Å²) >= 11 is 0. The zero-order chi connectivity index (χ0) is 14.9. The smallest absolute Gasteiger partial charge is 0.334 e. The molecule has 1 aliphatic heterocycles. The van der Waals surface area contributed by atoms with E-state index in [1.54, 1.807) is 48.5 Å². The van der Waals surface area contributed by atoms with Gasteiger partial charge in [-0.1, -0.05) is 48.5 Å². The number of carbonyl (C=O) groups is 2. The van der Waals surface area contributed by atoms with E-state index in [-0.39, 0.29) is 18.7 Å². The van der Waals surface area contributed by atoms with Crippen molar-refractivity contribution in [3.05, 3.63) is 66.2 Å². The zero-order valence-corrected chi connectivity index (χ0v) is 11.4. The summed E-state index contributed by atoms with van der Waals surface area (Å²) in [6.07, 6.45) is 0.510. The predicted molar refractivity (Wildman–Crippen MR) is 78.9 cm³/mol. The third-order valence-electron chi connectivity index (χ3n) is 3.95. The Morgan fingerprint density at radius 2 is 1.57 bits per heavy atom. The van der Waals surface area contributed by atoms with Crippen molar-refractivity contribution in [2.75, 3.05) is 4.90 Å². The van der Waals surface area contributed by atoms with Crippen LogP contribution in [0.3, 0.4) is 0 Å². The molecule has 0 radical (unpaired) electrons. The highest BCUT2D eigenvalue weighted by molar-refractivity contribution is 6.05. The van der Waals surface area contributed by atoms with Gasteiger partial charge in [0.2, 0.25) is 5.91 Å². The van der Waals surface area contributed by atoms with E-state index in [4.69, 9.17) is 0 Å². The Morgan fingerprint density at radius 1 is 1.00 bits per heavy atom. The quantitative estimate of drug-likeness (QED) is 0.941. The highest BCUT2D eigenvalue weighted by Gasteiger charge is 2.53. The monoisotopic (exact) mass is 281 g/mol. The third-order valence-corrected chi connectivity index (χ3v) is 3.95. The van der Waals surface area contributed by atoms with Crippen LogP contribution in [0.25, 0.3) is 0 Å². The van der Waals surface area contributed by atoms with Crippen LogP contribution >= 0.6 is 0 Å². The molecule has 2 aromatic carbocycles. The number of amides is 1. The summed E-state index contributed by atoms with van der Waals surface area (Å²) in [6, 6.07) is 18.0. The molecule has 106 valence electrons. The average Bonchev–Trinajstić information content (AvgIpc) is 2.87. The summed E-state index contributed by atoms with van der Waals surface area (Å²) in [5.41, 5.74) is -0.0712. The second kappa shape index (κ2) is 5.05. The molecular formula is C17H15NO3. The first-order valence-corrected chi connectivity index (χ1v) is 6.83.